The fourth-order valence-electron chi connectivity index (χ4n) is 3.04. The molecule has 3 N–H and O–H groups in total. The van der Waals surface area contributed by atoms with Crippen LogP contribution in [-0.4, -0.2) is 33.3 Å². The number of carbonyl (C=O) groups excluding carboxylic acids is 4. The third kappa shape index (κ3) is 4.59. The molecule has 8 nitrogen and oxygen atoms in total. The Morgan fingerprint density at radius 3 is 2.24 bits per heavy atom. The standard InChI is InChI=1S/C23H21F2N3O5/c1-11(29)12-5-8-17-14(9-12)18(19(30)26-16-7-6-13(24)10-15(16)25)20(31)28(17)22(33)27-21(32)23(2,3)4/h5-10,31H,1-4H3,(H,26,30)(H,27,32,33). The van der Waals surface area contributed by atoms with Crippen molar-refractivity contribution in [2.24, 2.45) is 5.41 Å². The van der Waals surface area contributed by atoms with Crippen LogP contribution in [0.5, 0.6) is 5.88 Å². The second kappa shape index (κ2) is 8.45. The van der Waals surface area contributed by atoms with E-state index in [1.165, 1.54) is 25.1 Å². The molecule has 10 heteroatoms. The number of hydrogen-bond donors (Lipinski definition) is 3. The molecule has 3 rings (SSSR count). The third-order valence-corrected chi connectivity index (χ3v) is 4.86. The maximum absolute atomic E-state index is 14.0. The molecule has 0 fully saturated rings. The summed E-state index contributed by atoms with van der Waals surface area (Å²) in [7, 11) is 0. The molecule has 0 aliphatic carbocycles. The fraction of sp³-hybridized carbons (Fsp3) is 0.217. The molecular formula is C23H21F2N3O5. The quantitative estimate of drug-likeness (QED) is 0.510. The van der Waals surface area contributed by atoms with Crippen molar-refractivity contribution in [2.75, 3.05) is 5.32 Å². The van der Waals surface area contributed by atoms with Crippen LogP contribution in [0, 0.1) is 17.0 Å². The number of Topliss-reactive ketones (excluding diaryl/α,β-unsaturated/α-hetero) is 1. The second-order valence-electron chi connectivity index (χ2n) is 8.41. The first-order valence-corrected chi connectivity index (χ1v) is 9.81. The van der Waals surface area contributed by atoms with Crippen LogP contribution in [0.25, 0.3) is 10.9 Å². The van der Waals surface area contributed by atoms with Crippen molar-refractivity contribution in [1.29, 1.82) is 0 Å². The Labute approximate surface area is 187 Å². The number of hydrogen-bond acceptors (Lipinski definition) is 5. The van der Waals surface area contributed by atoms with Crippen LogP contribution in [-0.2, 0) is 4.79 Å². The zero-order valence-electron chi connectivity index (χ0n) is 18.2. The van der Waals surface area contributed by atoms with Crippen LogP contribution < -0.4 is 10.6 Å². The first-order valence-electron chi connectivity index (χ1n) is 9.81. The summed E-state index contributed by atoms with van der Waals surface area (Å²) in [4.78, 5) is 49.9. The van der Waals surface area contributed by atoms with Gasteiger partial charge in [0.1, 0.15) is 17.2 Å². The van der Waals surface area contributed by atoms with Gasteiger partial charge in [0.25, 0.3) is 5.91 Å². The summed E-state index contributed by atoms with van der Waals surface area (Å²) in [5.41, 5.74) is -1.50. The molecule has 0 atom stereocenters. The first-order chi connectivity index (χ1) is 15.3. The molecule has 0 saturated heterocycles. The molecule has 3 amide bonds. The highest BCUT2D eigenvalue weighted by Crippen LogP contribution is 2.33. The van der Waals surface area contributed by atoms with Gasteiger partial charge in [-0.15, -0.1) is 0 Å². The monoisotopic (exact) mass is 457 g/mol. The van der Waals surface area contributed by atoms with Gasteiger partial charge < -0.3 is 10.4 Å². The Balaban J connectivity index is 2.15. The van der Waals surface area contributed by atoms with E-state index in [9.17, 15) is 33.1 Å². The third-order valence-electron chi connectivity index (χ3n) is 4.86. The number of carbonyl (C=O) groups is 4. The van der Waals surface area contributed by atoms with E-state index in [-0.39, 0.29) is 27.9 Å². The lowest BCUT2D eigenvalue weighted by Gasteiger charge is -2.17. The summed E-state index contributed by atoms with van der Waals surface area (Å²) < 4.78 is 27.9. The van der Waals surface area contributed by atoms with Crippen LogP contribution >= 0.6 is 0 Å². The predicted octanol–water partition coefficient (Wildman–Crippen LogP) is 4.21. The number of ketones is 1. The van der Waals surface area contributed by atoms with Gasteiger partial charge in [-0.1, -0.05) is 20.8 Å². The Kier molecular flexibility index (Phi) is 6.04. The van der Waals surface area contributed by atoms with Gasteiger partial charge >= 0.3 is 6.03 Å². The van der Waals surface area contributed by atoms with Gasteiger partial charge in [0.05, 0.1) is 11.2 Å². The van der Waals surface area contributed by atoms with Gasteiger partial charge in [0.15, 0.2) is 5.78 Å². The number of nitrogens with zero attached hydrogens (tertiary/aromatic N) is 1. The molecule has 0 bridgehead atoms. The van der Waals surface area contributed by atoms with Gasteiger partial charge in [-0.05, 0) is 37.3 Å². The highest BCUT2D eigenvalue weighted by Gasteiger charge is 2.30. The van der Waals surface area contributed by atoms with Crippen LogP contribution in [0.4, 0.5) is 19.3 Å². The van der Waals surface area contributed by atoms with Gasteiger partial charge in [-0.25, -0.2) is 18.1 Å². The van der Waals surface area contributed by atoms with E-state index in [1.54, 1.807) is 20.8 Å². The van der Waals surface area contributed by atoms with Crippen molar-refractivity contribution >= 4 is 40.2 Å². The van der Waals surface area contributed by atoms with Crippen LogP contribution in [0.1, 0.15) is 48.4 Å². The van der Waals surface area contributed by atoms with Crippen molar-refractivity contribution in [3.05, 3.63) is 59.2 Å². The highest BCUT2D eigenvalue weighted by molar-refractivity contribution is 6.18. The van der Waals surface area contributed by atoms with Crippen molar-refractivity contribution in [1.82, 2.24) is 9.88 Å². The van der Waals surface area contributed by atoms with E-state index in [2.05, 4.69) is 10.6 Å². The van der Waals surface area contributed by atoms with Gasteiger partial charge in [0.2, 0.25) is 11.8 Å². The van der Waals surface area contributed by atoms with Crippen LogP contribution in [0.2, 0.25) is 0 Å². The zero-order valence-corrected chi connectivity index (χ0v) is 18.2. The number of imide groups is 1. The van der Waals surface area contributed by atoms with Crippen molar-refractivity contribution < 1.29 is 33.1 Å². The van der Waals surface area contributed by atoms with E-state index < -0.39 is 46.3 Å². The number of nitrogens with one attached hydrogen (secondary N) is 2. The molecule has 3 aromatic rings. The summed E-state index contributed by atoms with van der Waals surface area (Å²) in [6, 6.07) is 5.49. The molecule has 0 radical (unpaired) electrons. The number of benzene rings is 2. The number of amides is 3. The van der Waals surface area contributed by atoms with E-state index >= 15 is 0 Å². The normalized spacial score (nSPS) is 11.3. The van der Waals surface area contributed by atoms with Crippen molar-refractivity contribution in [3.8, 4) is 5.88 Å². The SMILES string of the molecule is CC(=O)c1ccc2c(c1)c(C(=O)Nc1ccc(F)cc1F)c(O)n2C(=O)NC(=O)C(C)(C)C. The number of aromatic hydroxyl groups is 1. The largest absolute Gasteiger partial charge is 0.494 e. The topological polar surface area (TPSA) is 118 Å². The molecule has 0 aliphatic rings. The van der Waals surface area contributed by atoms with E-state index in [4.69, 9.17) is 0 Å². The van der Waals surface area contributed by atoms with E-state index in [0.717, 1.165) is 12.1 Å². The summed E-state index contributed by atoms with van der Waals surface area (Å²) in [6.45, 7) is 6.04. The summed E-state index contributed by atoms with van der Waals surface area (Å²) in [5.74, 6) is -4.72. The van der Waals surface area contributed by atoms with E-state index in [0.29, 0.717) is 10.6 Å². The fourth-order valence-corrected chi connectivity index (χ4v) is 3.04. The summed E-state index contributed by atoms with van der Waals surface area (Å²) >= 11 is 0. The molecule has 0 unspecified atom stereocenters. The summed E-state index contributed by atoms with van der Waals surface area (Å²) in [5, 5.41) is 15.2. The lowest BCUT2D eigenvalue weighted by molar-refractivity contribution is -0.127. The minimum absolute atomic E-state index is 0.0126. The van der Waals surface area contributed by atoms with Crippen molar-refractivity contribution in [2.45, 2.75) is 27.7 Å². The number of fused-ring (bicyclic) bond motifs is 1. The number of anilines is 1. The number of halogens is 2. The molecular weight excluding hydrogens is 436 g/mol. The maximum Gasteiger partial charge on any atom is 0.335 e. The minimum atomic E-state index is -1.05. The van der Waals surface area contributed by atoms with Gasteiger partial charge in [0, 0.05) is 22.4 Å². The van der Waals surface area contributed by atoms with E-state index in [1.807, 2.05) is 0 Å². The molecule has 2 aromatic carbocycles. The first kappa shape index (κ1) is 23.6. The molecule has 1 aromatic heterocycles. The highest BCUT2D eigenvalue weighted by atomic mass is 19.1. The molecule has 33 heavy (non-hydrogen) atoms. The maximum atomic E-state index is 14.0. The van der Waals surface area contributed by atoms with Crippen LogP contribution in [0.3, 0.4) is 0 Å². The number of rotatable bonds is 3. The predicted molar refractivity (Wildman–Crippen MR) is 116 cm³/mol. The molecule has 0 spiro atoms. The van der Waals surface area contributed by atoms with Gasteiger partial charge in [-0.2, -0.15) is 0 Å². The average Bonchev–Trinajstić information content (AvgIpc) is 3.00. The van der Waals surface area contributed by atoms with Gasteiger partial charge in [-0.3, -0.25) is 19.7 Å². The zero-order chi connectivity index (χ0) is 24.7. The smallest absolute Gasteiger partial charge is 0.335 e. The number of aromatic nitrogens is 1. The lowest BCUT2D eigenvalue weighted by atomic mass is 9.96. The molecule has 0 aliphatic heterocycles. The molecule has 0 saturated carbocycles. The molecule has 172 valence electrons. The Hall–Kier alpha value is -4.08. The summed E-state index contributed by atoms with van der Waals surface area (Å²) in [6.07, 6.45) is 0. The Morgan fingerprint density at radius 1 is 1.00 bits per heavy atom. The minimum Gasteiger partial charge on any atom is -0.494 e. The Bertz CT molecular complexity index is 1320. The molecule has 1 heterocycles. The van der Waals surface area contributed by atoms with Crippen molar-refractivity contribution in [3.63, 3.8) is 0 Å². The van der Waals surface area contributed by atoms with Crippen LogP contribution in [0.15, 0.2) is 36.4 Å². The Morgan fingerprint density at radius 2 is 1.67 bits per heavy atom. The average molecular weight is 457 g/mol. The lowest BCUT2D eigenvalue weighted by Crippen LogP contribution is -2.41. The second-order valence-corrected chi connectivity index (χ2v) is 8.41.